The van der Waals surface area contributed by atoms with Gasteiger partial charge in [0.15, 0.2) is 11.5 Å². The summed E-state index contributed by atoms with van der Waals surface area (Å²) >= 11 is 0. The van der Waals surface area contributed by atoms with E-state index in [1.807, 2.05) is 54.7 Å². The van der Waals surface area contributed by atoms with Crippen LogP contribution in [-0.2, 0) is 22.5 Å². The van der Waals surface area contributed by atoms with E-state index >= 15 is 0 Å². The summed E-state index contributed by atoms with van der Waals surface area (Å²) in [4.78, 5) is 19.8. The highest BCUT2D eigenvalue weighted by atomic mass is 16.5. The van der Waals surface area contributed by atoms with Gasteiger partial charge in [0.05, 0.1) is 39.1 Å². The Labute approximate surface area is 204 Å². The Hall–Kier alpha value is -3.84. The van der Waals surface area contributed by atoms with Crippen molar-refractivity contribution in [2.24, 2.45) is 0 Å². The van der Waals surface area contributed by atoms with Gasteiger partial charge in [-0.05, 0) is 41.8 Å². The van der Waals surface area contributed by atoms with Gasteiger partial charge in [0, 0.05) is 30.9 Å². The standard InChI is InChI=1S/C28H29N3O4/c1-33-24-15-20-12-14-30(22(17-27(32)35-3)21(20)16-25(24)34-2)18-23-28(19-9-5-4-6-10-19)29-26-11-7-8-13-31(23)26/h4-11,13,15-16,22H,12,14,17-18H2,1-3H3. The Morgan fingerprint density at radius 2 is 1.74 bits per heavy atom. The summed E-state index contributed by atoms with van der Waals surface area (Å²) in [5.74, 6) is 1.11. The van der Waals surface area contributed by atoms with Crippen molar-refractivity contribution in [2.75, 3.05) is 27.9 Å². The van der Waals surface area contributed by atoms with Crippen molar-refractivity contribution in [3.63, 3.8) is 0 Å². The molecule has 1 unspecified atom stereocenters. The number of aromatic nitrogens is 2. The second-order valence-electron chi connectivity index (χ2n) is 8.62. The smallest absolute Gasteiger partial charge is 0.307 e. The molecule has 1 atom stereocenters. The number of carbonyl (C=O) groups excluding carboxylic acids is 1. The summed E-state index contributed by atoms with van der Waals surface area (Å²) in [6.07, 6.45) is 3.13. The van der Waals surface area contributed by atoms with Gasteiger partial charge < -0.3 is 18.6 Å². The number of pyridine rings is 1. The van der Waals surface area contributed by atoms with Crippen LogP contribution in [0.2, 0.25) is 0 Å². The molecule has 35 heavy (non-hydrogen) atoms. The van der Waals surface area contributed by atoms with E-state index in [9.17, 15) is 4.79 Å². The van der Waals surface area contributed by atoms with E-state index < -0.39 is 0 Å². The normalized spacial score (nSPS) is 15.6. The monoisotopic (exact) mass is 471 g/mol. The molecule has 1 aliphatic rings. The molecule has 3 heterocycles. The van der Waals surface area contributed by atoms with Gasteiger partial charge in [-0.2, -0.15) is 0 Å². The fraction of sp³-hybridized carbons (Fsp3) is 0.286. The summed E-state index contributed by atoms with van der Waals surface area (Å²) in [5, 5.41) is 0. The largest absolute Gasteiger partial charge is 0.493 e. The van der Waals surface area contributed by atoms with Gasteiger partial charge in [-0.15, -0.1) is 0 Å². The molecule has 0 amide bonds. The van der Waals surface area contributed by atoms with Gasteiger partial charge in [0.2, 0.25) is 0 Å². The Morgan fingerprint density at radius 1 is 1.00 bits per heavy atom. The molecule has 0 fully saturated rings. The van der Waals surface area contributed by atoms with Crippen molar-refractivity contribution in [1.29, 1.82) is 0 Å². The fourth-order valence-corrected chi connectivity index (χ4v) is 4.97. The molecule has 1 aliphatic heterocycles. The van der Waals surface area contributed by atoms with Gasteiger partial charge in [0.25, 0.3) is 0 Å². The number of esters is 1. The number of imidazole rings is 1. The van der Waals surface area contributed by atoms with Crippen LogP contribution in [0, 0.1) is 0 Å². The first kappa shape index (κ1) is 22.9. The lowest BCUT2D eigenvalue weighted by atomic mass is 9.89. The highest BCUT2D eigenvalue weighted by Gasteiger charge is 2.32. The number of hydrogen-bond acceptors (Lipinski definition) is 6. The quantitative estimate of drug-likeness (QED) is 0.365. The maximum atomic E-state index is 12.5. The lowest BCUT2D eigenvalue weighted by molar-refractivity contribution is -0.142. The zero-order valence-corrected chi connectivity index (χ0v) is 20.2. The van der Waals surface area contributed by atoms with E-state index in [2.05, 4.69) is 21.4 Å². The second-order valence-corrected chi connectivity index (χ2v) is 8.62. The third-order valence-corrected chi connectivity index (χ3v) is 6.73. The molecule has 0 spiro atoms. The summed E-state index contributed by atoms with van der Waals surface area (Å²) in [7, 11) is 4.70. The molecule has 0 bridgehead atoms. The van der Waals surface area contributed by atoms with E-state index in [0.717, 1.165) is 46.7 Å². The first-order valence-corrected chi connectivity index (χ1v) is 11.7. The highest BCUT2D eigenvalue weighted by Crippen LogP contribution is 2.40. The Kier molecular flexibility index (Phi) is 6.42. The molecule has 0 radical (unpaired) electrons. The minimum absolute atomic E-state index is 0.163. The molecule has 2 aromatic carbocycles. The van der Waals surface area contributed by atoms with Crippen LogP contribution < -0.4 is 9.47 Å². The molecule has 5 rings (SSSR count). The predicted molar refractivity (Wildman–Crippen MR) is 134 cm³/mol. The number of hydrogen-bond donors (Lipinski definition) is 0. The molecule has 0 N–H and O–H groups in total. The minimum atomic E-state index is -0.246. The van der Waals surface area contributed by atoms with Crippen LogP contribution in [0.25, 0.3) is 16.9 Å². The van der Waals surface area contributed by atoms with Crippen LogP contribution in [0.5, 0.6) is 11.5 Å². The number of fused-ring (bicyclic) bond motifs is 2. The SMILES string of the molecule is COC(=O)CC1c2cc(OC)c(OC)cc2CCN1Cc1c(-c2ccccc2)nc2ccccn12. The van der Waals surface area contributed by atoms with E-state index in [0.29, 0.717) is 18.0 Å². The minimum Gasteiger partial charge on any atom is -0.493 e. The molecule has 7 nitrogen and oxygen atoms in total. The molecular weight excluding hydrogens is 442 g/mol. The predicted octanol–water partition coefficient (Wildman–Crippen LogP) is 4.68. The van der Waals surface area contributed by atoms with E-state index in [4.69, 9.17) is 19.2 Å². The third kappa shape index (κ3) is 4.35. The molecule has 0 saturated heterocycles. The zero-order valence-electron chi connectivity index (χ0n) is 20.2. The lowest BCUT2D eigenvalue weighted by Crippen LogP contribution is -2.37. The lowest BCUT2D eigenvalue weighted by Gasteiger charge is -2.37. The Balaban J connectivity index is 1.59. The Bertz CT molecular complexity index is 1350. The van der Waals surface area contributed by atoms with Crippen molar-refractivity contribution in [3.8, 4) is 22.8 Å². The van der Waals surface area contributed by atoms with Crippen LogP contribution in [0.4, 0.5) is 0 Å². The number of nitrogens with zero attached hydrogens (tertiary/aromatic N) is 3. The van der Waals surface area contributed by atoms with Crippen molar-refractivity contribution in [1.82, 2.24) is 14.3 Å². The molecule has 7 heteroatoms. The molecule has 2 aromatic heterocycles. The topological polar surface area (TPSA) is 65.3 Å². The number of rotatable bonds is 7. The molecular formula is C28H29N3O4. The number of benzene rings is 2. The van der Waals surface area contributed by atoms with E-state index in [1.165, 1.54) is 7.11 Å². The summed E-state index contributed by atoms with van der Waals surface area (Å²) in [5.41, 5.74) is 6.23. The summed E-state index contributed by atoms with van der Waals surface area (Å²) < 4.78 is 18.3. The number of methoxy groups -OCH3 is 3. The van der Waals surface area contributed by atoms with Crippen molar-refractivity contribution < 1.29 is 19.0 Å². The van der Waals surface area contributed by atoms with E-state index in [1.54, 1.807) is 14.2 Å². The number of carbonyl (C=O) groups is 1. The maximum Gasteiger partial charge on any atom is 0.307 e. The van der Waals surface area contributed by atoms with Crippen LogP contribution in [0.15, 0.2) is 66.9 Å². The Morgan fingerprint density at radius 3 is 2.49 bits per heavy atom. The van der Waals surface area contributed by atoms with Gasteiger partial charge in [-0.1, -0.05) is 36.4 Å². The van der Waals surface area contributed by atoms with Crippen LogP contribution >= 0.6 is 0 Å². The van der Waals surface area contributed by atoms with Gasteiger partial charge >= 0.3 is 5.97 Å². The van der Waals surface area contributed by atoms with Gasteiger partial charge in [-0.3, -0.25) is 9.69 Å². The molecule has 0 saturated carbocycles. The number of ether oxygens (including phenoxy) is 3. The average Bonchev–Trinajstić information content (AvgIpc) is 3.27. The fourth-order valence-electron chi connectivity index (χ4n) is 4.97. The van der Waals surface area contributed by atoms with Crippen LogP contribution in [0.3, 0.4) is 0 Å². The van der Waals surface area contributed by atoms with Gasteiger partial charge in [0.1, 0.15) is 5.65 Å². The second kappa shape index (κ2) is 9.80. The van der Waals surface area contributed by atoms with Crippen LogP contribution in [0.1, 0.15) is 29.3 Å². The maximum absolute atomic E-state index is 12.5. The third-order valence-electron chi connectivity index (χ3n) is 6.73. The first-order chi connectivity index (χ1) is 17.1. The van der Waals surface area contributed by atoms with E-state index in [-0.39, 0.29) is 18.4 Å². The van der Waals surface area contributed by atoms with Crippen LogP contribution in [-0.4, -0.2) is 48.1 Å². The molecule has 0 aliphatic carbocycles. The summed E-state index contributed by atoms with van der Waals surface area (Å²) in [6.45, 7) is 1.42. The molecule has 180 valence electrons. The summed E-state index contributed by atoms with van der Waals surface area (Å²) in [6, 6.07) is 20.1. The highest BCUT2D eigenvalue weighted by molar-refractivity contribution is 5.71. The van der Waals surface area contributed by atoms with Crippen molar-refractivity contribution in [2.45, 2.75) is 25.4 Å². The average molecular weight is 472 g/mol. The van der Waals surface area contributed by atoms with Crippen molar-refractivity contribution in [3.05, 3.63) is 83.7 Å². The van der Waals surface area contributed by atoms with Gasteiger partial charge in [-0.25, -0.2) is 4.98 Å². The van der Waals surface area contributed by atoms with Crippen molar-refractivity contribution >= 4 is 11.6 Å². The first-order valence-electron chi connectivity index (χ1n) is 11.7. The molecule has 4 aromatic rings. The zero-order chi connectivity index (χ0) is 24.4.